The summed E-state index contributed by atoms with van der Waals surface area (Å²) in [6, 6.07) is 4.49. The predicted octanol–water partition coefficient (Wildman–Crippen LogP) is 1.06. The van der Waals surface area contributed by atoms with Crippen molar-refractivity contribution in [2.45, 2.75) is 18.4 Å². The highest BCUT2D eigenvalue weighted by atomic mass is 16.5. The van der Waals surface area contributed by atoms with E-state index in [0.717, 1.165) is 7.11 Å². The molecule has 1 heterocycles. The fourth-order valence-electron chi connectivity index (χ4n) is 2.00. The average molecular weight is 320 g/mol. The van der Waals surface area contributed by atoms with Crippen LogP contribution in [0.4, 0.5) is 10.6 Å². The minimum atomic E-state index is -2.04. The standard InChI is InChI=1S/C15H16N2O6/c1-4-15(13(19)23-3,9-8-12(18)22-2)17(14(20)21)11-7-5-6-10-16-11/h1,5-7,10H,8-9H2,2-3H3,(H,20,21)/t15-/m0/s1. The van der Waals surface area contributed by atoms with Gasteiger partial charge in [-0.1, -0.05) is 12.0 Å². The van der Waals surface area contributed by atoms with Crippen LogP contribution in [0.1, 0.15) is 12.8 Å². The summed E-state index contributed by atoms with van der Waals surface area (Å²) in [4.78, 5) is 39.8. The molecule has 0 fully saturated rings. The lowest BCUT2D eigenvalue weighted by Crippen LogP contribution is -2.57. The number of hydrogen-bond donors (Lipinski definition) is 1. The number of amides is 1. The molecule has 1 atom stereocenters. The van der Waals surface area contributed by atoms with Gasteiger partial charge in [0.2, 0.25) is 5.54 Å². The van der Waals surface area contributed by atoms with Gasteiger partial charge in [0.1, 0.15) is 5.82 Å². The Morgan fingerprint density at radius 2 is 2.04 bits per heavy atom. The van der Waals surface area contributed by atoms with Gasteiger partial charge in [-0.15, -0.1) is 6.42 Å². The SMILES string of the molecule is C#C[C@](CCC(=O)OC)(C(=O)OC)N(C(=O)O)c1ccccn1. The van der Waals surface area contributed by atoms with E-state index in [0.29, 0.717) is 4.90 Å². The van der Waals surface area contributed by atoms with Gasteiger partial charge in [0.05, 0.1) is 14.2 Å². The third-order valence-electron chi connectivity index (χ3n) is 3.13. The number of hydrogen-bond acceptors (Lipinski definition) is 6. The van der Waals surface area contributed by atoms with Crippen molar-refractivity contribution in [3.63, 3.8) is 0 Å². The van der Waals surface area contributed by atoms with E-state index in [1.165, 1.54) is 25.4 Å². The zero-order valence-electron chi connectivity index (χ0n) is 12.7. The number of terminal acetylenes is 1. The summed E-state index contributed by atoms with van der Waals surface area (Å²) >= 11 is 0. The molecule has 1 N–H and O–H groups in total. The Morgan fingerprint density at radius 1 is 1.35 bits per heavy atom. The summed E-state index contributed by atoms with van der Waals surface area (Å²) in [5.74, 6) is 0.459. The highest BCUT2D eigenvalue weighted by Crippen LogP contribution is 2.28. The number of esters is 2. The zero-order chi connectivity index (χ0) is 17.5. The van der Waals surface area contributed by atoms with Crippen LogP contribution in [-0.2, 0) is 19.1 Å². The van der Waals surface area contributed by atoms with Gasteiger partial charge in [-0.25, -0.2) is 19.5 Å². The highest BCUT2D eigenvalue weighted by molar-refractivity contribution is 6.00. The first-order valence-corrected chi connectivity index (χ1v) is 6.50. The topological polar surface area (TPSA) is 106 Å². The molecule has 1 aromatic rings. The van der Waals surface area contributed by atoms with Gasteiger partial charge in [-0.2, -0.15) is 0 Å². The fraction of sp³-hybridized carbons (Fsp3) is 0.333. The number of carbonyl (C=O) groups excluding carboxylic acids is 2. The van der Waals surface area contributed by atoms with E-state index in [-0.39, 0.29) is 18.7 Å². The van der Waals surface area contributed by atoms with Gasteiger partial charge in [-0.3, -0.25) is 4.79 Å². The summed E-state index contributed by atoms with van der Waals surface area (Å²) < 4.78 is 9.17. The normalized spacial score (nSPS) is 12.4. The molecule has 0 saturated carbocycles. The van der Waals surface area contributed by atoms with E-state index in [2.05, 4.69) is 20.4 Å². The van der Waals surface area contributed by atoms with Crippen LogP contribution in [0.25, 0.3) is 0 Å². The van der Waals surface area contributed by atoms with Crippen LogP contribution in [0.15, 0.2) is 24.4 Å². The van der Waals surface area contributed by atoms with Gasteiger partial charge in [0, 0.05) is 19.0 Å². The maximum absolute atomic E-state index is 12.2. The van der Waals surface area contributed by atoms with Crippen LogP contribution in [0.3, 0.4) is 0 Å². The number of methoxy groups -OCH3 is 2. The number of ether oxygens (including phenoxy) is 2. The van der Waals surface area contributed by atoms with E-state index in [1.807, 2.05) is 0 Å². The Hall–Kier alpha value is -3.08. The van der Waals surface area contributed by atoms with Gasteiger partial charge in [0.25, 0.3) is 0 Å². The van der Waals surface area contributed by atoms with Gasteiger partial charge >= 0.3 is 18.0 Å². The van der Waals surface area contributed by atoms with Crippen molar-refractivity contribution in [3.05, 3.63) is 24.4 Å². The van der Waals surface area contributed by atoms with Crippen molar-refractivity contribution in [1.82, 2.24) is 4.98 Å². The minimum absolute atomic E-state index is 0.0618. The van der Waals surface area contributed by atoms with Crippen LogP contribution in [0.5, 0.6) is 0 Å². The van der Waals surface area contributed by atoms with Crippen molar-refractivity contribution in [3.8, 4) is 12.3 Å². The predicted molar refractivity (Wildman–Crippen MR) is 79.6 cm³/mol. The summed E-state index contributed by atoms with van der Waals surface area (Å²) in [7, 11) is 2.25. The molecule has 0 aliphatic rings. The zero-order valence-corrected chi connectivity index (χ0v) is 12.7. The molecule has 1 amide bonds. The van der Waals surface area contributed by atoms with Crippen molar-refractivity contribution in [2.24, 2.45) is 0 Å². The summed E-state index contributed by atoms with van der Waals surface area (Å²) in [5, 5.41) is 9.53. The summed E-state index contributed by atoms with van der Waals surface area (Å²) in [6.07, 6.45) is 4.72. The second-order valence-corrected chi connectivity index (χ2v) is 4.38. The second kappa shape index (κ2) is 7.79. The molecule has 0 unspecified atom stereocenters. The smallest absolute Gasteiger partial charge is 0.414 e. The van der Waals surface area contributed by atoms with E-state index in [4.69, 9.17) is 6.42 Å². The number of nitrogens with zero attached hydrogens (tertiary/aromatic N) is 2. The van der Waals surface area contributed by atoms with E-state index < -0.39 is 23.6 Å². The van der Waals surface area contributed by atoms with Gasteiger partial charge in [0.15, 0.2) is 0 Å². The maximum atomic E-state index is 12.2. The Labute approximate surface area is 133 Å². The second-order valence-electron chi connectivity index (χ2n) is 4.38. The lowest BCUT2D eigenvalue weighted by molar-refractivity contribution is -0.146. The van der Waals surface area contributed by atoms with Crippen molar-refractivity contribution in [2.75, 3.05) is 19.1 Å². The van der Waals surface area contributed by atoms with E-state index in [9.17, 15) is 19.5 Å². The molecule has 8 nitrogen and oxygen atoms in total. The monoisotopic (exact) mass is 320 g/mol. The van der Waals surface area contributed by atoms with Crippen LogP contribution in [-0.4, -0.2) is 47.9 Å². The number of aromatic nitrogens is 1. The number of rotatable bonds is 6. The molecule has 8 heteroatoms. The first kappa shape index (κ1) is 18.0. The van der Waals surface area contributed by atoms with Crippen molar-refractivity contribution in [1.29, 1.82) is 0 Å². The Bertz CT molecular complexity index is 625. The lowest BCUT2D eigenvalue weighted by atomic mass is 9.92. The Balaban J connectivity index is 3.39. The first-order chi connectivity index (χ1) is 10.9. The molecule has 0 aliphatic carbocycles. The number of anilines is 1. The molecule has 0 saturated heterocycles. The van der Waals surface area contributed by atoms with Gasteiger partial charge in [-0.05, 0) is 12.1 Å². The number of pyridine rings is 1. The molecule has 1 rings (SSSR count). The van der Waals surface area contributed by atoms with Gasteiger partial charge < -0.3 is 14.6 Å². The molecule has 1 aromatic heterocycles. The quantitative estimate of drug-likeness (QED) is 0.617. The summed E-state index contributed by atoms with van der Waals surface area (Å²) in [5.41, 5.74) is -2.04. The van der Waals surface area contributed by atoms with Crippen LogP contribution in [0.2, 0.25) is 0 Å². The largest absolute Gasteiger partial charge is 0.469 e. The molecule has 0 bridgehead atoms. The number of carboxylic acid groups (broad SMARTS) is 1. The molecule has 0 spiro atoms. The molecular weight excluding hydrogens is 304 g/mol. The minimum Gasteiger partial charge on any atom is -0.469 e. The Morgan fingerprint density at radius 3 is 2.48 bits per heavy atom. The highest BCUT2D eigenvalue weighted by Gasteiger charge is 2.48. The van der Waals surface area contributed by atoms with Crippen LogP contribution >= 0.6 is 0 Å². The summed E-state index contributed by atoms with van der Waals surface area (Å²) in [6.45, 7) is 0. The fourth-order valence-corrected chi connectivity index (χ4v) is 2.00. The molecule has 23 heavy (non-hydrogen) atoms. The third kappa shape index (κ3) is 3.77. The first-order valence-electron chi connectivity index (χ1n) is 6.50. The van der Waals surface area contributed by atoms with Crippen LogP contribution in [0, 0.1) is 12.3 Å². The maximum Gasteiger partial charge on any atom is 0.414 e. The Kier molecular flexibility index (Phi) is 6.09. The van der Waals surface area contributed by atoms with Crippen molar-refractivity contribution >= 4 is 23.8 Å². The van der Waals surface area contributed by atoms with Crippen LogP contribution < -0.4 is 4.90 Å². The lowest BCUT2D eigenvalue weighted by Gasteiger charge is -2.34. The molecule has 0 aromatic carbocycles. The molecular formula is C15H16N2O6. The average Bonchev–Trinajstić information content (AvgIpc) is 2.57. The van der Waals surface area contributed by atoms with E-state index >= 15 is 0 Å². The molecule has 122 valence electrons. The number of carbonyl (C=O) groups is 3. The third-order valence-corrected chi connectivity index (χ3v) is 3.13. The van der Waals surface area contributed by atoms with Crippen molar-refractivity contribution < 1.29 is 29.0 Å². The van der Waals surface area contributed by atoms with E-state index in [1.54, 1.807) is 6.07 Å². The molecule has 0 aliphatic heterocycles. The molecule has 0 radical (unpaired) electrons.